The van der Waals surface area contributed by atoms with Gasteiger partial charge in [0.25, 0.3) is 0 Å². The van der Waals surface area contributed by atoms with Crippen molar-refractivity contribution in [2.24, 2.45) is 11.7 Å². The Kier molecular flexibility index (Phi) is 3.80. The standard InChI is InChI=1S/C12H19FN2/c1-9(2)6-7-12(3,14)11-5-4-10(13)8-15-11/h4-5,8-9H,6-7,14H2,1-3H3. The van der Waals surface area contributed by atoms with E-state index in [4.69, 9.17) is 5.73 Å². The van der Waals surface area contributed by atoms with Crippen LogP contribution < -0.4 is 5.73 Å². The van der Waals surface area contributed by atoms with Crippen molar-refractivity contribution in [3.05, 3.63) is 29.8 Å². The van der Waals surface area contributed by atoms with Crippen LogP contribution in [0.2, 0.25) is 0 Å². The SMILES string of the molecule is CC(C)CCC(C)(N)c1ccc(F)cn1. The summed E-state index contributed by atoms with van der Waals surface area (Å²) in [7, 11) is 0. The van der Waals surface area contributed by atoms with E-state index in [0.717, 1.165) is 18.5 Å². The van der Waals surface area contributed by atoms with Crippen molar-refractivity contribution >= 4 is 0 Å². The van der Waals surface area contributed by atoms with Gasteiger partial charge in [0.1, 0.15) is 5.82 Å². The first kappa shape index (κ1) is 12.1. The van der Waals surface area contributed by atoms with Crippen molar-refractivity contribution in [2.75, 3.05) is 0 Å². The molecule has 0 saturated heterocycles. The summed E-state index contributed by atoms with van der Waals surface area (Å²) in [6.45, 7) is 6.26. The smallest absolute Gasteiger partial charge is 0.141 e. The van der Waals surface area contributed by atoms with Gasteiger partial charge >= 0.3 is 0 Å². The van der Waals surface area contributed by atoms with E-state index in [1.807, 2.05) is 6.92 Å². The first-order chi connectivity index (χ1) is 6.92. The Hall–Kier alpha value is -0.960. The van der Waals surface area contributed by atoms with Gasteiger partial charge in [-0.2, -0.15) is 0 Å². The third-order valence-corrected chi connectivity index (χ3v) is 2.55. The number of halogens is 1. The van der Waals surface area contributed by atoms with Gasteiger partial charge in [-0.25, -0.2) is 4.39 Å². The monoisotopic (exact) mass is 210 g/mol. The lowest BCUT2D eigenvalue weighted by molar-refractivity contribution is 0.386. The van der Waals surface area contributed by atoms with E-state index in [1.54, 1.807) is 6.07 Å². The van der Waals surface area contributed by atoms with Crippen molar-refractivity contribution in [3.8, 4) is 0 Å². The van der Waals surface area contributed by atoms with E-state index in [1.165, 1.54) is 12.3 Å². The van der Waals surface area contributed by atoms with Gasteiger partial charge in [-0.05, 0) is 37.8 Å². The van der Waals surface area contributed by atoms with Gasteiger partial charge in [-0.15, -0.1) is 0 Å². The number of hydrogen-bond donors (Lipinski definition) is 1. The fraction of sp³-hybridized carbons (Fsp3) is 0.583. The van der Waals surface area contributed by atoms with Crippen LogP contribution in [-0.2, 0) is 5.54 Å². The molecule has 0 saturated carbocycles. The molecule has 0 radical (unpaired) electrons. The Morgan fingerprint density at radius 2 is 2.13 bits per heavy atom. The maximum Gasteiger partial charge on any atom is 0.141 e. The minimum absolute atomic E-state index is 0.321. The van der Waals surface area contributed by atoms with Crippen LogP contribution in [-0.4, -0.2) is 4.98 Å². The molecule has 2 nitrogen and oxygen atoms in total. The molecule has 1 heterocycles. The molecule has 1 rings (SSSR count). The molecule has 0 aliphatic carbocycles. The predicted octanol–water partition coefficient (Wildman–Crippen LogP) is 2.83. The van der Waals surface area contributed by atoms with E-state index in [9.17, 15) is 4.39 Å². The lowest BCUT2D eigenvalue weighted by Gasteiger charge is -2.24. The molecular weight excluding hydrogens is 191 g/mol. The second kappa shape index (κ2) is 4.71. The van der Waals surface area contributed by atoms with Gasteiger partial charge in [-0.1, -0.05) is 13.8 Å². The van der Waals surface area contributed by atoms with Gasteiger partial charge in [0.05, 0.1) is 17.4 Å². The highest BCUT2D eigenvalue weighted by molar-refractivity contribution is 5.14. The molecule has 1 atom stereocenters. The number of hydrogen-bond acceptors (Lipinski definition) is 2. The van der Waals surface area contributed by atoms with Crippen LogP contribution in [0.3, 0.4) is 0 Å². The Morgan fingerprint density at radius 1 is 1.47 bits per heavy atom. The van der Waals surface area contributed by atoms with E-state index in [0.29, 0.717) is 5.92 Å². The average molecular weight is 210 g/mol. The first-order valence-corrected chi connectivity index (χ1v) is 5.33. The summed E-state index contributed by atoms with van der Waals surface area (Å²) in [5, 5.41) is 0. The maximum absolute atomic E-state index is 12.7. The quantitative estimate of drug-likeness (QED) is 0.830. The van der Waals surface area contributed by atoms with Crippen LogP contribution in [0, 0.1) is 11.7 Å². The molecule has 0 amide bonds. The molecule has 1 unspecified atom stereocenters. The molecule has 15 heavy (non-hydrogen) atoms. The molecule has 0 bridgehead atoms. The van der Waals surface area contributed by atoms with E-state index in [-0.39, 0.29) is 5.82 Å². The Labute approximate surface area is 90.7 Å². The van der Waals surface area contributed by atoms with Gasteiger partial charge in [0, 0.05) is 0 Å². The maximum atomic E-state index is 12.7. The molecule has 1 aromatic heterocycles. The molecule has 0 aliphatic rings. The summed E-state index contributed by atoms with van der Waals surface area (Å²) < 4.78 is 12.7. The zero-order valence-corrected chi connectivity index (χ0v) is 9.63. The second-order valence-corrected chi connectivity index (χ2v) is 4.71. The van der Waals surface area contributed by atoms with Crippen LogP contribution >= 0.6 is 0 Å². The van der Waals surface area contributed by atoms with Crippen LogP contribution in [0.25, 0.3) is 0 Å². The van der Waals surface area contributed by atoms with Gasteiger partial charge in [0.15, 0.2) is 0 Å². The highest BCUT2D eigenvalue weighted by atomic mass is 19.1. The first-order valence-electron chi connectivity index (χ1n) is 5.33. The number of pyridine rings is 1. The second-order valence-electron chi connectivity index (χ2n) is 4.71. The molecular formula is C12H19FN2. The van der Waals surface area contributed by atoms with Gasteiger partial charge in [0.2, 0.25) is 0 Å². The van der Waals surface area contributed by atoms with E-state index >= 15 is 0 Å². The highest BCUT2D eigenvalue weighted by Gasteiger charge is 2.22. The lowest BCUT2D eigenvalue weighted by atomic mass is 9.89. The third kappa shape index (κ3) is 3.59. The van der Waals surface area contributed by atoms with Crippen molar-refractivity contribution in [2.45, 2.75) is 39.2 Å². The van der Waals surface area contributed by atoms with Crippen LogP contribution in [0.4, 0.5) is 4.39 Å². The molecule has 0 aromatic carbocycles. The normalized spacial score (nSPS) is 15.3. The van der Waals surface area contributed by atoms with Crippen LogP contribution in [0.1, 0.15) is 39.3 Å². The zero-order chi connectivity index (χ0) is 11.5. The Bertz CT molecular complexity index is 304. The highest BCUT2D eigenvalue weighted by Crippen LogP contribution is 2.23. The molecule has 3 heteroatoms. The Morgan fingerprint density at radius 3 is 2.60 bits per heavy atom. The van der Waals surface area contributed by atoms with Crippen molar-refractivity contribution in [1.29, 1.82) is 0 Å². The fourth-order valence-electron chi connectivity index (χ4n) is 1.43. The summed E-state index contributed by atoms with van der Waals surface area (Å²) in [5.74, 6) is 0.298. The molecule has 0 fully saturated rings. The molecule has 84 valence electrons. The van der Waals surface area contributed by atoms with Crippen molar-refractivity contribution in [1.82, 2.24) is 4.98 Å². The summed E-state index contributed by atoms with van der Waals surface area (Å²) >= 11 is 0. The lowest BCUT2D eigenvalue weighted by Crippen LogP contribution is -2.34. The molecule has 0 aliphatic heterocycles. The minimum atomic E-state index is -0.460. The predicted molar refractivity (Wildman–Crippen MR) is 59.8 cm³/mol. The minimum Gasteiger partial charge on any atom is -0.320 e. The molecule has 0 spiro atoms. The number of nitrogens with zero attached hydrogens (tertiary/aromatic N) is 1. The Balaban J connectivity index is 2.72. The number of nitrogens with two attached hydrogens (primary N) is 1. The molecule has 2 N–H and O–H groups in total. The summed E-state index contributed by atoms with van der Waals surface area (Å²) in [5.41, 5.74) is 6.45. The van der Waals surface area contributed by atoms with E-state index in [2.05, 4.69) is 18.8 Å². The summed E-state index contributed by atoms with van der Waals surface area (Å²) in [4.78, 5) is 4.03. The summed E-state index contributed by atoms with van der Waals surface area (Å²) in [6.07, 6.45) is 3.13. The van der Waals surface area contributed by atoms with Gasteiger partial charge < -0.3 is 5.73 Å². The number of aromatic nitrogens is 1. The van der Waals surface area contributed by atoms with Crippen molar-refractivity contribution in [3.63, 3.8) is 0 Å². The van der Waals surface area contributed by atoms with Crippen LogP contribution in [0.5, 0.6) is 0 Å². The average Bonchev–Trinajstić information content (AvgIpc) is 2.16. The van der Waals surface area contributed by atoms with Gasteiger partial charge in [-0.3, -0.25) is 4.98 Å². The summed E-state index contributed by atoms with van der Waals surface area (Å²) in [6, 6.07) is 3.07. The van der Waals surface area contributed by atoms with E-state index < -0.39 is 5.54 Å². The molecule has 1 aromatic rings. The zero-order valence-electron chi connectivity index (χ0n) is 9.63. The van der Waals surface area contributed by atoms with Crippen LogP contribution in [0.15, 0.2) is 18.3 Å². The third-order valence-electron chi connectivity index (χ3n) is 2.55. The topological polar surface area (TPSA) is 38.9 Å². The number of rotatable bonds is 4. The largest absolute Gasteiger partial charge is 0.320 e. The van der Waals surface area contributed by atoms with Crippen molar-refractivity contribution < 1.29 is 4.39 Å². The fourth-order valence-corrected chi connectivity index (χ4v) is 1.43.